The third-order valence-electron chi connectivity index (χ3n) is 8.06. The van der Waals surface area contributed by atoms with Crippen molar-refractivity contribution in [3.8, 4) is 0 Å². The van der Waals surface area contributed by atoms with Crippen LogP contribution in [-0.4, -0.2) is 51.3 Å². The van der Waals surface area contributed by atoms with Crippen LogP contribution in [0.5, 0.6) is 0 Å². The predicted molar refractivity (Wildman–Crippen MR) is 150 cm³/mol. The van der Waals surface area contributed by atoms with Gasteiger partial charge in [0, 0.05) is 48.4 Å². The molecule has 0 spiro atoms. The monoisotopic (exact) mass is 536 g/mol. The van der Waals surface area contributed by atoms with Gasteiger partial charge >= 0.3 is 0 Å². The van der Waals surface area contributed by atoms with E-state index in [9.17, 15) is 9.59 Å². The maximum atomic E-state index is 13.7. The Labute approximate surface area is 229 Å². The minimum atomic E-state index is -0.244. The first-order valence-corrected chi connectivity index (χ1v) is 15.0. The van der Waals surface area contributed by atoms with Crippen LogP contribution in [0, 0.1) is 36.5 Å². The molecule has 0 radical (unpaired) electrons. The summed E-state index contributed by atoms with van der Waals surface area (Å²) in [5.41, 5.74) is 0.922. The fourth-order valence-electron chi connectivity index (χ4n) is 6.18. The molecule has 2 aliphatic carbocycles. The zero-order valence-electron chi connectivity index (χ0n) is 22.9. The third-order valence-corrected chi connectivity index (χ3v) is 9.03. The number of anilines is 2. The second-order valence-corrected chi connectivity index (χ2v) is 12.6. The fourth-order valence-corrected chi connectivity index (χ4v) is 7.10. The number of aromatic nitrogens is 3. The molecule has 1 saturated heterocycles. The summed E-state index contributed by atoms with van der Waals surface area (Å²) in [5, 5.41) is 7.31. The minimum absolute atomic E-state index is 0.0408. The molecule has 4 unspecified atom stereocenters. The highest BCUT2D eigenvalue weighted by Gasteiger charge is 2.52. The standard InChI is InChI=1S/C29H40N6O2S/c1-5-6-22-16-31-29(38-22)34-23-13-18(4)32-26(33-23)19-9-11-35(12-10-19)28(37)25-21-8-7-20(14-21)24(25)27(36)30-15-17(2)3/h7-8,13,16-17,19-21,24-25H,5-6,9-12,14-15H2,1-4H3,(H,30,36)(H,31,32,33,34). The summed E-state index contributed by atoms with van der Waals surface area (Å²) in [6.45, 7) is 10.3. The van der Waals surface area contributed by atoms with Crippen molar-refractivity contribution >= 4 is 34.1 Å². The molecular formula is C29H40N6O2S. The Morgan fingerprint density at radius 3 is 2.58 bits per heavy atom. The number of rotatable bonds is 9. The van der Waals surface area contributed by atoms with Gasteiger partial charge in [-0.15, -0.1) is 11.3 Å². The number of hydrogen-bond acceptors (Lipinski definition) is 7. The molecule has 2 aromatic heterocycles. The van der Waals surface area contributed by atoms with Crippen LogP contribution >= 0.6 is 11.3 Å². The molecule has 8 nitrogen and oxygen atoms in total. The lowest BCUT2D eigenvalue weighted by Gasteiger charge is -2.36. The van der Waals surface area contributed by atoms with Gasteiger partial charge in [-0.2, -0.15) is 0 Å². The van der Waals surface area contributed by atoms with Crippen molar-refractivity contribution in [2.24, 2.45) is 29.6 Å². The van der Waals surface area contributed by atoms with Gasteiger partial charge in [-0.05, 0) is 50.4 Å². The zero-order chi connectivity index (χ0) is 26.8. The number of aryl methyl sites for hydroxylation is 2. The van der Waals surface area contributed by atoms with E-state index in [0.717, 1.165) is 54.6 Å². The van der Waals surface area contributed by atoms with E-state index in [4.69, 9.17) is 9.97 Å². The number of nitrogens with zero attached hydrogens (tertiary/aromatic N) is 4. The maximum absolute atomic E-state index is 13.7. The summed E-state index contributed by atoms with van der Waals surface area (Å²) < 4.78 is 0. The number of carbonyl (C=O) groups excluding carboxylic acids is 2. The highest BCUT2D eigenvalue weighted by Crippen LogP contribution is 2.49. The number of likely N-dealkylation sites (tertiary alicyclic amines) is 1. The first-order valence-electron chi connectivity index (χ1n) is 14.1. The lowest BCUT2D eigenvalue weighted by Crippen LogP contribution is -2.48. The van der Waals surface area contributed by atoms with Gasteiger partial charge in [-0.25, -0.2) is 15.0 Å². The Bertz CT molecular complexity index is 1190. The van der Waals surface area contributed by atoms with Crippen molar-refractivity contribution in [1.29, 1.82) is 0 Å². The molecule has 2 fully saturated rings. The molecule has 9 heteroatoms. The van der Waals surface area contributed by atoms with Crippen LogP contribution in [0.3, 0.4) is 0 Å². The molecule has 2 amide bonds. The van der Waals surface area contributed by atoms with Crippen LogP contribution in [0.2, 0.25) is 0 Å². The van der Waals surface area contributed by atoms with Gasteiger partial charge in [0.25, 0.3) is 0 Å². The molecule has 3 aliphatic rings. The zero-order valence-corrected chi connectivity index (χ0v) is 23.8. The lowest BCUT2D eigenvalue weighted by atomic mass is 9.80. The van der Waals surface area contributed by atoms with E-state index in [1.807, 2.05) is 24.1 Å². The van der Waals surface area contributed by atoms with Crippen LogP contribution in [0.1, 0.15) is 68.8 Å². The molecule has 5 rings (SSSR count). The predicted octanol–water partition coefficient (Wildman–Crippen LogP) is 4.85. The first kappa shape index (κ1) is 26.8. The van der Waals surface area contributed by atoms with Gasteiger partial charge in [0.2, 0.25) is 11.8 Å². The molecular weight excluding hydrogens is 496 g/mol. The number of amides is 2. The summed E-state index contributed by atoms with van der Waals surface area (Å²) in [7, 11) is 0. The Balaban J connectivity index is 1.22. The number of allylic oxidation sites excluding steroid dienone is 2. The van der Waals surface area contributed by atoms with Crippen LogP contribution in [0.4, 0.5) is 10.9 Å². The Morgan fingerprint density at radius 2 is 1.87 bits per heavy atom. The van der Waals surface area contributed by atoms with Crippen LogP contribution in [-0.2, 0) is 16.0 Å². The van der Waals surface area contributed by atoms with E-state index >= 15 is 0 Å². The minimum Gasteiger partial charge on any atom is -0.356 e. The maximum Gasteiger partial charge on any atom is 0.227 e. The summed E-state index contributed by atoms with van der Waals surface area (Å²) in [4.78, 5) is 44.1. The van der Waals surface area contributed by atoms with Crippen LogP contribution in [0.25, 0.3) is 0 Å². The highest BCUT2D eigenvalue weighted by molar-refractivity contribution is 7.15. The van der Waals surface area contributed by atoms with Crippen molar-refractivity contribution in [3.05, 3.63) is 40.8 Å². The Morgan fingerprint density at radius 1 is 1.13 bits per heavy atom. The molecule has 0 aromatic carbocycles. The van der Waals surface area contributed by atoms with Gasteiger partial charge in [-0.1, -0.05) is 39.3 Å². The summed E-state index contributed by atoms with van der Waals surface area (Å²) in [5.74, 6) is 2.26. The number of thiazole rings is 1. The normalized spacial score (nSPS) is 24.8. The van der Waals surface area contributed by atoms with Crippen molar-refractivity contribution in [2.45, 2.75) is 65.7 Å². The van der Waals surface area contributed by atoms with E-state index in [1.54, 1.807) is 11.3 Å². The third kappa shape index (κ3) is 5.77. The fraction of sp³-hybridized carbons (Fsp3) is 0.621. The number of nitrogens with one attached hydrogen (secondary N) is 2. The SMILES string of the molecule is CCCc1cnc(Nc2cc(C)nc(C3CCN(C(=O)C4C5C=CC(C5)C4C(=O)NCC(C)C)CC3)n2)s1. The van der Waals surface area contributed by atoms with Crippen molar-refractivity contribution in [3.63, 3.8) is 0 Å². The number of fused-ring (bicyclic) bond motifs is 2. The van der Waals surface area contributed by atoms with Gasteiger partial charge < -0.3 is 15.5 Å². The second kappa shape index (κ2) is 11.5. The summed E-state index contributed by atoms with van der Waals surface area (Å²) in [6.07, 6.45) is 10.9. The lowest BCUT2D eigenvalue weighted by molar-refractivity contribution is -0.143. The van der Waals surface area contributed by atoms with Gasteiger partial charge in [0.05, 0.1) is 11.8 Å². The van der Waals surface area contributed by atoms with E-state index in [1.165, 1.54) is 4.88 Å². The summed E-state index contributed by atoms with van der Waals surface area (Å²) >= 11 is 1.67. The molecule has 38 heavy (non-hydrogen) atoms. The first-order chi connectivity index (χ1) is 18.3. The van der Waals surface area contributed by atoms with Crippen LogP contribution in [0.15, 0.2) is 24.4 Å². The smallest absolute Gasteiger partial charge is 0.227 e. The molecule has 1 aliphatic heterocycles. The molecule has 2 aromatic rings. The number of carbonyl (C=O) groups is 2. The number of piperidine rings is 1. The second-order valence-electron chi connectivity index (χ2n) is 11.5. The van der Waals surface area contributed by atoms with E-state index in [0.29, 0.717) is 25.6 Å². The molecule has 4 atom stereocenters. The quantitative estimate of drug-likeness (QED) is 0.444. The number of hydrogen-bond donors (Lipinski definition) is 2. The average molecular weight is 537 g/mol. The summed E-state index contributed by atoms with van der Waals surface area (Å²) in [6, 6.07) is 1.95. The largest absolute Gasteiger partial charge is 0.356 e. The van der Waals surface area contributed by atoms with Crippen molar-refractivity contribution in [1.82, 2.24) is 25.2 Å². The average Bonchev–Trinajstić information content (AvgIpc) is 3.63. The van der Waals surface area contributed by atoms with Gasteiger partial charge in [0.15, 0.2) is 5.13 Å². The van der Waals surface area contributed by atoms with E-state index < -0.39 is 0 Å². The van der Waals surface area contributed by atoms with Gasteiger partial charge in [-0.3, -0.25) is 9.59 Å². The molecule has 3 heterocycles. The van der Waals surface area contributed by atoms with Gasteiger partial charge in [0.1, 0.15) is 11.6 Å². The Hall–Kier alpha value is -2.81. The Kier molecular flexibility index (Phi) is 8.12. The highest BCUT2D eigenvalue weighted by atomic mass is 32.1. The molecule has 204 valence electrons. The molecule has 2 bridgehead atoms. The molecule has 1 saturated carbocycles. The van der Waals surface area contributed by atoms with E-state index in [-0.39, 0.29) is 41.4 Å². The van der Waals surface area contributed by atoms with Crippen LogP contribution < -0.4 is 10.6 Å². The van der Waals surface area contributed by atoms with Crippen molar-refractivity contribution in [2.75, 3.05) is 25.0 Å². The molecule has 2 N–H and O–H groups in total. The van der Waals surface area contributed by atoms with E-state index in [2.05, 4.69) is 48.5 Å². The van der Waals surface area contributed by atoms with Crippen molar-refractivity contribution < 1.29 is 9.59 Å². The topological polar surface area (TPSA) is 100 Å².